The summed E-state index contributed by atoms with van der Waals surface area (Å²) in [5.74, 6) is -0.304. The largest absolute Gasteiger partial charge is 0.462 e. The monoisotopic (exact) mass is 283 g/mol. The Balaban J connectivity index is 1.68. The summed E-state index contributed by atoms with van der Waals surface area (Å²) in [5.41, 5.74) is 4.47. The molecule has 0 saturated heterocycles. The van der Waals surface area contributed by atoms with Crippen molar-refractivity contribution in [3.8, 4) is 0 Å². The highest BCUT2D eigenvalue weighted by Gasteiger charge is 2.13. The number of nitrogens with zero attached hydrogens (tertiary/aromatic N) is 1. The predicted octanol–water partition coefficient (Wildman–Crippen LogP) is 2.91. The van der Waals surface area contributed by atoms with Crippen molar-refractivity contribution in [1.82, 2.24) is 15.2 Å². The van der Waals surface area contributed by atoms with Gasteiger partial charge in [0, 0.05) is 23.7 Å². The third-order valence-electron chi connectivity index (χ3n) is 3.67. The lowest BCUT2D eigenvalue weighted by Gasteiger charge is -2.06. The predicted molar refractivity (Wildman–Crippen MR) is 80.3 cm³/mol. The van der Waals surface area contributed by atoms with E-state index in [1.807, 2.05) is 38.2 Å². The van der Waals surface area contributed by atoms with Gasteiger partial charge in [-0.15, -0.1) is 0 Å². The van der Waals surface area contributed by atoms with Crippen molar-refractivity contribution in [3.63, 3.8) is 0 Å². The molecule has 0 aliphatic rings. The van der Waals surface area contributed by atoms with Crippen LogP contribution in [0.1, 0.15) is 27.3 Å². The number of ether oxygens (including phenoxy) is 1. The molecule has 0 atom stereocenters. The number of aryl methyl sites for hydroxylation is 2. The van der Waals surface area contributed by atoms with Gasteiger partial charge in [-0.2, -0.15) is 5.10 Å². The summed E-state index contributed by atoms with van der Waals surface area (Å²) in [4.78, 5) is 15.3. The van der Waals surface area contributed by atoms with Crippen molar-refractivity contribution in [2.75, 3.05) is 6.61 Å². The van der Waals surface area contributed by atoms with Crippen molar-refractivity contribution >= 4 is 16.9 Å². The summed E-state index contributed by atoms with van der Waals surface area (Å²) >= 11 is 0. The van der Waals surface area contributed by atoms with Crippen LogP contribution in [0.25, 0.3) is 10.9 Å². The van der Waals surface area contributed by atoms with Crippen molar-refractivity contribution in [2.45, 2.75) is 20.3 Å². The summed E-state index contributed by atoms with van der Waals surface area (Å²) in [6.07, 6.45) is 2.49. The molecule has 3 aromatic rings. The minimum absolute atomic E-state index is 0.304. The molecule has 0 aliphatic heterocycles. The Labute approximate surface area is 122 Å². The smallest absolute Gasteiger partial charge is 0.340 e. The Morgan fingerprint density at radius 2 is 2.14 bits per heavy atom. The Kier molecular flexibility index (Phi) is 3.48. The second kappa shape index (κ2) is 5.44. The van der Waals surface area contributed by atoms with E-state index in [2.05, 4.69) is 15.2 Å². The highest BCUT2D eigenvalue weighted by molar-refractivity contribution is 6.02. The number of H-pyrrole nitrogens is 2. The zero-order valence-corrected chi connectivity index (χ0v) is 12.1. The number of benzene rings is 1. The molecule has 5 heteroatoms. The van der Waals surface area contributed by atoms with Gasteiger partial charge in [0.1, 0.15) is 0 Å². The second-order valence-electron chi connectivity index (χ2n) is 5.05. The maximum Gasteiger partial charge on any atom is 0.340 e. The van der Waals surface area contributed by atoms with Crippen molar-refractivity contribution in [1.29, 1.82) is 0 Å². The van der Waals surface area contributed by atoms with E-state index in [0.717, 1.165) is 27.9 Å². The molecule has 0 bridgehead atoms. The van der Waals surface area contributed by atoms with E-state index in [9.17, 15) is 4.79 Å². The first-order chi connectivity index (χ1) is 10.2. The summed E-state index contributed by atoms with van der Waals surface area (Å²) in [7, 11) is 0. The van der Waals surface area contributed by atoms with Crippen LogP contribution >= 0.6 is 0 Å². The van der Waals surface area contributed by atoms with Gasteiger partial charge in [0.25, 0.3) is 0 Å². The lowest BCUT2D eigenvalue weighted by atomic mass is 10.1. The average molecular weight is 283 g/mol. The number of carbonyl (C=O) groups excluding carboxylic acids is 1. The average Bonchev–Trinajstić information content (AvgIpc) is 3.07. The van der Waals surface area contributed by atoms with Crippen LogP contribution in [0.4, 0.5) is 0 Å². The van der Waals surface area contributed by atoms with Gasteiger partial charge in [0.2, 0.25) is 0 Å². The number of hydrogen-bond donors (Lipinski definition) is 2. The topological polar surface area (TPSA) is 70.8 Å². The maximum atomic E-state index is 12.2. The maximum absolute atomic E-state index is 12.2. The van der Waals surface area contributed by atoms with Crippen LogP contribution < -0.4 is 0 Å². The normalized spacial score (nSPS) is 11.0. The molecular weight excluding hydrogens is 266 g/mol. The summed E-state index contributed by atoms with van der Waals surface area (Å²) in [6, 6.07) is 7.53. The van der Waals surface area contributed by atoms with Crippen molar-refractivity contribution in [2.24, 2.45) is 0 Å². The molecule has 0 spiro atoms. The zero-order valence-electron chi connectivity index (χ0n) is 12.1. The van der Waals surface area contributed by atoms with E-state index in [-0.39, 0.29) is 5.97 Å². The second-order valence-corrected chi connectivity index (χ2v) is 5.05. The van der Waals surface area contributed by atoms with Crippen LogP contribution in [0.3, 0.4) is 0 Å². The third-order valence-corrected chi connectivity index (χ3v) is 3.67. The molecular formula is C16H17N3O2. The van der Waals surface area contributed by atoms with Gasteiger partial charge in [0.05, 0.1) is 23.4 Å². The molecule has 1 aromatic carbocycles. The van der Waals surface area contributed by atoms with Crippen molar-refractivity contribution in [3.05, 3.63) is 53.0 Å². The number of carbonyl (C=O) groups is 1. The van der Waals surface area contributed by atoms with Gasteiger partial charge in [-0.25, -0.2) is 4.79 Å². The van der Waals surface area contributed by atoms with E-state index in [4.69, 9.17) is 4.74 Å². The summed E-state index contributed by atoms with van der Waals surface area (Å²) in [5, 5.41) is 8.07. The van der Waals surface area contributed by atoms with E-state index < -0.39 is 0 Å². The quantitative estimate of drug-likeness (QED) is 0.723. The molecule has 0 saturated carbocycles. The number of nitrogens with one attached hydrogen (secondary N) is 2. The third kappa shape index (κ3) is 2.54. The minimum Gasteiger partial charge on any atom is -0.462 e. The molecule has 0 fully saturated rings. The standard InChI is InChI=1S/C16H17N3O2/c1-10-13(11(2)19-18-10)7-9-21-16(20)14-5-3-4-12-6-8-17-15(12)14/h3-6,8,17H,7,9H2,1-2H3,(H,18,19). The lowest BCUT2D eigenvalue weighted by molar-refractivity contribution is 0.0511. The van der Waals surface area contributed by atoms with Gasteiger partial charge >= 0.3 is 5.97 Å². The molecule has 0 unspecified atom stereocenters. The van der Waals surface area contributed by atoms with Gasteiger partial charge in [-0.05, 0) is 31.5 Å². The SMILES string of the molecule is Cc1n[nH]c(C)c1CCOC(=O)c1cccc2cc[nH]c12. The number of hydrogen-bond acceptors (Lipinski definition) is 3. The number of esters is 1. The van der Waals surface area contributed by atoms with Crippen molar-refractivity contribution < 1.29 is 9.53 Å². The first-order valence-electron chi connectivity index (χ1n) is 6.90. The van der Waals surface area contributed by atoms with E-state index in [1.165, 1.54) is 0 Å². The summed E-state index contributed by atoms with van der Waals surface area (Å²) in [6.45, 7) is 4.26. The number of aromatic amines is 2. The molecule has 2 heterocycles. The number of rotatable bonds is 4. The molecule has 0 radical (unpaired) electrons. The van der Waals surface area contributed by atoms with Crippen LogP contribution in [0.5, 0.6) is 0 Å². The number of fused-ring (bicyclic) bond motifs is 1. The molecule has 2 N–H and O–H groups in total. The van der Waals surface area contributed by atoms with Gasteiger partial charge in [-0.1, -0.05) is 12.1 Å². The Morgan fingerprint density at radius 1 is 1.29 bits per heavy atom. The molecule has 3 rings (SSSR count). The van der Waals surface area contributed by atoms with Crippen LogP contribution in [-0.4, -0.2) is 27.8 Å². The van der Waals surface area contributed by atoms with Crippen LogP contribution in [0.15, 0.2) is 30.5 Å². The van der Waals surface area contributed by atoms with Crippen LogP contribution in [-0.2, 0) is 11.2 Å². The fourth-order valence-corrected chi connectivity index (χ4v) is 2.52. The fraction of sp³-hybridized carbons (Fsp3) is 0.250. The van der Waals surface area contributed by atoms with E-state index in [1.54, 1.807) is 6.07 Å². The number of para-hydroxylation sites is 1. The first-order valence-corrected chi connectivity index (χ1v) is 6.90. The first kappa shape index (κ1) is 13.4. The van der Waals surface area contributed by atoms with Gasteiger partial charge < -0.3 is 9.72 Å². The van der Waals surface area contributed by atoms with E-state index >= 15 is 0 Å². The fourth-order valence-electron chi connectivity index (χ4n) is 2.52. The van der Waals surface area contributed by atoms with Crippen LogP contribution in [0, 0.1) is 13.8 Å². The Hall–Kier alpha value is -2.56. The molecule has 5 nitrogen and oxygen atoms in total. The summed E-state index contributed by atoms with van der Waals surface area (Å²) < 4.78 is 5.39. The molecule has 0 amide bonds. The molecule has 2 aromatic heterocycles. The molecule has 108 valence electrons. The number of aromatic nitrogens is 3. The highest BCUT2D eigenvalue weighted by Crippen LogP contribution is 2.18. The van der Waals surface area contributed by atoms with Crippen LogP contribution in [0.2, 0.25) is 0 Å². The molecule has 21 heavy (non-hydrogen) atoms. The van der Waals surface area contributed by atoms with Gasteiger partial charge in [-0.3, -0.25) is 5.10 Å². The lowest BCUT2D eigenvalue weighted by Crippen LogP contribution is -2.09. The van der Waals surface area contributed by atoms with Gasteiger partial charge in [0.15, 0.2) is 0 Å². The minimum atomic E-state index is -0.304. The zero-order chi connectivity index (χ0) is 14.8. The Bertz CT molecular complexity index is 766. The highest BCUT2D eigenvalue weighted by atomic mass is 16.5. The molecule has 0 aliphatic carbocycles. The van der Waals surface area contributed by atoms with E-state index in [0.29, 0.717) is 18.6 Å². The Morgan fingerprint density at radius 3 is 2.90 bits per heavy atom.